The van der Waals surface area contributed by atoms with Crippen molar-refractivity contribution in [1.82, 2.24) is 0 Å². The number of aliphatic hydroxyl groups is 1. The van der Waals surface area contributed by atoms with Gasteiger partial charge in [0.15, 0.2) is 0 Å². The fourth-order valence-electron chi connectivity index (χ4n) is 3.88. The zero-order valence-electron chi connectivity index (χ0n) is 18.0. The lowest BCUT2D eigenvalue weighted by Crippen LogP contribution is -2.29. The maximum Gasteiger partial charge on any atom is 0.300 e. The molecule has 3 aromatic carbocycles. The first-order valence-electron chi connectivity index (χ1n) is 10.3. The number of carbonyl (C=O) groups excluding carboxylic acids is 3. The summed E-state index contributed by atoms with van der Waals surface area (Å²) in [5.74, 6) is -2.45. The summed E-state index contributed by atoms with van der Waals surface area (Å²) in [6.45, 7) is 1.36. The molecule has 1 atom stereocenters. The molecule has 1 aliphatic heterocycles. The minimum absolute atomic E-state index is 0.178. The van der Waals surface area contributed by atoms with Crippen LogP contribution in [-0.4, -0.2) is 27.6 Å². The smallest absolute Gasteiger partial charge is 0.300 e. The highest BCUT2D eigenvalue weighted by Crippen LogP contribution is 2.43. The second-order valence-corrected chi connectivity index (χ2v) is 7.62. The minimum Gasteiger partial charge on any atom is -0.507 e. The molecule has 170 valence electrons. The van der Waals surface area contributed by atoms with E-state index in [4.69, 9.17) is 0 Å². The molecule has 1 heterocycles. The van der Waals surface area contributed by atoms with Crippen LogP contribution < -0.4 is 10.2 Å². The second kappa shape index (κ2) is 8.99. The van der Waals surface area contributed by atoms with Gasteiger partial charge >= 0.3 is 0 Å². The van der Waals surface area contributed by atoms with E-state index in [1.165, 1.54) is 30.0 Å². The molecule has 0 unspecified atom stereocenters. The summed E-state index contributed by atoms with van der Waals surface area (Å²) in [6, 6.07) is 19.0. The van der Waals surface area contributed by atoms with Crippen molar-refractivity contribution in [2.75, 3.05) is 10.2 Å². The third-order valence-electron chi connectivity index (χ3n) is 5.35. The summed E-state index contributed by atoms with van der Waals surface area (Å²) < 4.78 is 0. The van der Waals surface area contributed by atoms with Crippen LogP contribution in [0.5, 0.6) is 0 Å². The van der Waals surface area contributed by atoms with Gasteiger partial charge in [-0.1, -0.05) is 42.5 Å². The fourth-order valence-corrected chi connectivity index (χ4v) is 3.88. The Morgan fingerprint density at radius 1 is 1.00 bits per heavy atom. The van der Waals surface area contributed by atoms with Crippen LogP contribution in [-0.2, 0) is 14.4 Å². The van der Waals surface area contributed by atoms with Crippen LogP contribution in [0.15, 0.2) is 84.4 Å². The van der Waals surface area contributed by atoms with Gasteiger partial charge in [0.25, 0.3) is 17.4 Å². The standard InChI is InChI=1S/C25H19N3O6/c1-15(29)26-18-10-12-19(13-11-18)27-22(17-8-5-9-20(14-17)28(33)34)21(24(31)25(27)32)23(30)16-6-3-2-4-7-16/h2-14,22,30H,1H3,(H,26,29)/t22-/m1/s1. The van der Waals surface area contributed by atoms with Crippen LogP contribution in [0.3, 0.4) is 0 Å². The monoisotopic (exact) mass is 457 g/mol. The number of anilines is 2. The van der Waals surface area contributed by atoms with E-state index in [2.05, 4.69) is 5.32 Å². The van der Waals surface area contributed by atoms with Gasteiger partial charge in [-0.15, -0.1) is 0 Å². The highest BCUT2D eigenvalue weighted by molar-refractivity contribution is 6.51. The summed E-state index contributed by atoms with van der Waals surface area (Å²) in [6.07, 6.45) is 0. The average Bonchev–Trinajstić information content (AvgIpc) is 3.10. The summed E-state index contributed by atoms with van der Waals surface area (Å²) in [5.41, 5.74) is 1.03. The van der Waals surface area contributed by atoms with Crippen LogP contribution in [0.4, 0.5) is 17.1 Å². The van der Waals surface area contributed by atoms with Gasteiger partial charge in [-0.3, -0.25) is 29.4 Å². The Kier molecular flexibility index (Phi) is 5.92. The van der Waals surface area contributed by atoms with E-state index >= 15 is 0 Å². The van der Waals surface area contributed by atoms with E-state index in [9.17, 15) is 29.6 Å². The van der Waals surface area contributed by atoms with Crippen LogP contribution in [0, 0.1) is 10.1 Å². The number of benzene rings is 3. The zero-order valence-corrected chi connectivity index (χ0v) is 18.0. The maximum atomic E-state index is 13.1. The van der Waals surface area contributed by atoms with Gasteiger partial charge in [0.2, 0.25) is 5.91 Å². The van der Waals surface area contributed by atoms with E-state index < -0.39 is 22.7 Å². The van der Waals surface area contributed by atoms with Crippen molar-refractivity contribution >= 4 is 40.4 Å². The van der Waals surface area contributed by atoms with E-state index in [1.807, 2.05) is 0 Å². The van der Waals surface area contributed by atoms with Crippen molar-refractivity contribution < 1.29 is 24.4 Å². The minimum atomic E-state index is -1.10. The summed E-state index contributed by atoms with van der Waals surface area (Å²) >= 11 is 0. The molecule has 9 heteroatoms. The number of amides is 2. The van der Waals surface area contributed by atoms with Gasteiger partial charge in [-0.25, -0.2) is 0 Å². The van der Waals surface area contributed by atoms with Gasteiger partial charge in [-0.2, -0.15) is 0 Å². The number of Topliss-reactive ketones (excluding diaryl/α,β-unsaturated/α-hetero) is 1. The second-order valence-electron chi connectivity index (χ2n) is 7.62. The molecule has 0 saturated carbocycles. The average molecular weight is 457 g/mol. The number of carbonyl (C=O) groups is 3. The first-order chi connectivity index (χ1) is 16.3. The highest BCUT2D eigenvalue weighted by atomic mass is 16.6. The van der Waals surface area contributed by atoms with Gasteiger partial charge in [0.05, 0.1) is 16.5 Å². The molecular formula is C25H19N3O6. The number of nitrogens with zero attached hydrogens (tertiary/aromatic N) is 2. The summed E-state index contributed by atoms with van der Waals surface area (Å²) in [7, 11) is 0. The lowest BCUT2D eigenvalue weighted by atomic mass is 9.95. The predicted octanol–water partition coefficient (Wildman–Crippen LogP) is 4.18. The van der Waals surface area contributed by atoms with Crippen molar-refractivity contribution in [3.05, 3.63) is 106 Å². The topological polar surface area (TPSA) is 130 Å². The molecule has 3 aromatic rings. The third-order valence-corrected chi connectivity index (χ3v) is 5.35. The number of non-ortho nitro benzene ring substituents is 1. The Morgan fingerprint density at radius 2 is 1.68 bits per heavy atom. The molecule has 0 bridgehead atoms. The predicted molar refractivity (Wildman–Crippen MR) is 125 cm³/mol. The van der Waals surface area contributed by atoms with Gasteiger partial charge < -0.3 is 10.4 Å². The number of hydrogen-bond donors (Lipinski definition) is 2. The lowest BCUT2D eigenvalue weighted by Gasteiger charge is -2.25. The molecule has 1 aliphatic rings. The number of nitro benzene ring substituents is 1. The van der Waals surface area contributed by atoms with Crippen molar-refractivity contribution in [3.63, 3.8) is 0 Å². The molecule has 2 amide bonds. The molecule has 1 fully saturated rings. The van der Waals surface area contributed by atoms with Crippen LogP contribution in [0.2, 0.25) is 0 Å². The molecule has 0 spiro atoms. The first kappa shape index (κ1) is 22.4. The fraction of sp³-hybridized carbons (Fsp3) is 0.0800. The van der Waals surface area contributed by atoms with Crippen molar-refractivity contribution in [3.8, 4) is 0 Å². The number of aliphatic hydroxyl groups excluding tert-OH is 1. The van der Waals surface area contributed by atoms with E-state index in [1.54, 1.807) is 60.7 Å². The number of nitrogens with one attached hydrogen (secondary N) is 1. The van der Waals surface area contributed by atoms with E-state index in [-0.39, 0.29) is 28.5 Å². The van der Waals surface area contributed by atoms with E-state index in [0.717, 1.165) is 0 Å². The molecule has 1 saturated heterocycles. The zero-order chi connectivity index (χ0) is 24.4. The number of hydrogen-bond acceptors (Lipinski definition) is 6. The number of ketones is 1. The largest absolute Gasteiger partial charge is 0.507 e. The molecule has 2 N–H and O–H groups in total. The normalized spacial score (nSPS) is 17.0. The highest BCUT2D eigenvalue weighted by Gasteiger charge is 2.47. The molecule has 0 aromatic heterocycles. The Hall–Kier alpha value is -4.79. The van der Waals surface area contributed by atoms with Gasteiger partial charge in [-0.05, 0) is 29.8 Å². The van der Waals surface area contributed by atoms with Crippen LogP contribution in [0.25, 0.3) is 5.76 Å². The third kappa shape index (κ3) is 4.14. The van der Waals surface area contributed by atoms with Gasteiger partial charge in [0, 0.05) is 36.0 Å². The van der Waals surface area contributed by atoms with Crippen molar-refractivity contribution in [2.45, 2.75) is 13.0 Å². The molecule has 4 rings (SSSR count). The first-order valence-corrected chi connectivity index (χ1v) is 10.3. The van der Waals surface area contributed by atoms with Crippen molar-refractivity contribution in [1.29, 1.82) is 0 Å². The molecular weight excluding hydrogens is 438 g/mol. The number of rotatable bonds is 5. The molecule has 0 radical (unpaired) electrons. The van der Waals surface area contributed by atoms with Crippen LogP contribution >= 0.6 is 0 Å². The SMILES string of the molecule is CC(=O)Nc1ccc(N2C(=O)C(=O)C(=C(O)c3ccccc3)[C@H]2c2cccc([N+](=O)[O-])c2)cc1. The van der Waals surface area contributed by atoms with Gasteiger partial charge in [0.1, 0.15) is 5.76 Å². The van der Waals surface area contributed by atoms with E-state index in [0.29, 0.717) is 16.9 Å². The summed E-state index contributed by atoms with van der Waals surface area (Å²) in [5, 5.41) is 25.0. The quantitative estimate of drug-likeness (QED) is 0.194. The molecule has 9 nitrogen and oxygen atoms in total. The maximum absolute atomic E-state index is 13.1. The Bertz CT molecular complexity index is 1330. The molecule has 0 aliphatic carbocycles. The Balaban J connectivity index is 1.90. The van der Waals surface area contributed by atoms with Crippen LogP contribution in [0.1, 0.15) is 24.1 Å². The molecule has 34 heavy (non-hydrogen) atoms. The summed E-state index contributed by atoms with van der Waals surface area (Å²) in [4.78, 5) is 49.6. The van der Waals surface area contributed by atoms with Crippen molar-refractivity contribution in [2.24, 2.45) is 0 Å². The number of nitro groups is 1. The Labute approximate surface area is 194 Å². The lowest BCUT2D eigenvalue weighted by molar-refractivity contribution is -0.384. The Morgan fingerprint density at radius 3 is 2.29 bits per heavy atom.